The first kappa shape index (κ1) is 19.0. The summed E-state index contributed by atoms with van der Waals surface area (Å²) in [6.07, 6.45) is 0.571. The minimum absolute atomic E-state index is 0. The summed E-state index contributed by atoms with van der Waals surface area (Å²) in [5.41, 5.74) is 9.94. The molecule has 1 aromatic heterocycles. The third kappa shape index (κ3) is 4.81. The summed E-state index contributed by atoms with van der Waals surface area (Å²) in [7, 11) is 0. The average Bonchev–Trinajstić information content (AvgIpc) is 3.06. The predicted molar refractivity (Wildman–Crippen MR) is 100.0 cm³/mol. The summed E-state index contributed by atoms with van der Waals surface area (Å²) in [6, 6.07) is 14.0. The van der Waals surface area contributed by atoms with E-state index < -0.39 is 0 Å². The van der Waals surface area contributed by atoms with Crippen LogP contribution in [0.4, 0.5) is 0 Å². The van der Waals surface area contributed by atoms with Crippen molar-refractivity contribution in [2.45, 2.75) is 26.8 Å². The van der Waals surface area contributed by atoms with Crippen molar-refractivity contribution >= 4 is 12.4 Å². The molecule has 0 aliphatic carbocycles. The van der Waals surface area contributed by atoms with Gasteiger partial charge in [-0.2, -0.15) is 4.98 Å². The first-order valence-electron chi connectivity index (χ1n) is 7.98. The van der Waals surface area contributed by atoms with E-state index in [1.807, 2.05) is 43.3 Å². The summed E-state index contributed by atoms with van der Waals surface area (Å²) < 4.78 is 11.1. The first-order chi connectivity index (χ1) is 11.7. The average molecular weight is 360 g/mol. The number of nitrogens with two attached hydrogens (primary N) is 1. The smallest absolute Gasteiger partial charge is 0.230 e. The van der Waals surface area contributed by atoms with Crippen LogP contribution >= 0.6 is 12.4 Å². The van der Waals surface area contributed by atoms with Gasteiger partial charge in [0.05, 0.1) is 13.0 Å². The third-order valence-electron chi connectivity index (χ3n) is 3.82. The molecule has 0 saturated heterocycles. The normalized spacial score (nSPS) is 10.4. The summed E-state index contributed by atoms with van der Waals surface area (Å²) in [4.78, 5) is 4.41. The second-order valence-corrected chi connectivity index (χ2v) is 5.78. The van der Waals surface area contributed by atoms with Gasteiger partial charge in [-0.25, -0.2) is 0 Å². The van der Waals surface area contributed by atoms with Gasteiger partial charge in [-0.1, -0.05) is 47.1 Å². The molecule has 0 aliphatic heterocycles. The van der Waals surface area contributed by atoms with Crippen LogP contribution in [0.5, 0.6) is 5.75 Å². The standard InChI is InChI=1S/C19H21N3O2.ClH/c1-13-3-8-17(14(2)11-13)23-10-9-18-21-19(22-24-18)16-6-4-15(12-20)5-7-16;/h3-8,11H,9-10,12,20H2,1-2H3;1H. The Balaban J connectivity index is 0.00000225. The number of halogens is 1. The molecule has 0 spiro atoms. The highest BCUT2D eigenvalue weighted by molar-refractivity contribution is 5.85. The minimum Gasteiger partial charge on any atom is -0.493 e. The molecule has 5 nitrogen and oxygen atoms in total. The molecule has 25 heavy (non-hydrogen) atoms. The zero-order valence-corrected chi connectivity index (χ0v) is 15.2. The molecule has 3 aromatic rings. The van der Waals surface area contributed by atoms with Crippen molar-refractivity contribution in [3.05, 3.63) is 65.0 Å². The molecule has 2 aromatic carbocycles. The molecule has 0 saturated carbocycles. The highest BCUT2D eigenvalue weighted by atomic mass is 35.5. The molecule has 0 aliphatic rings. The van der Waals surface area contributed by atoms with E-state index in [-0.39, 0.29) is 12.4 Å². The quantitative estimate of drug-likeness (QED) is 0.723. The fraction of sp³-hybridized carbons (Fsp3) is 0.263. The molecular formula is C19H22ClN3O2. The lowest BCUT2D eigenvalue weighted by Gasteiger charge is -2.08. The largest absolute Gasteiger partial charge is 0.493 e. The van der Waals surface area contributed by atoms with Crippen LogP contribution in [0.1, 0.15) is 22.6 Å². The van der Waals surface area contributed by atoms with Crippen LogP contribution in [0.3, 0.4) is 0 Å². The van der Waals surface area contributed by atoms with E-state index in [2.05, 4.69) is 23.1 Å². The Morgan fingerprint density at radius 3 is 2.52 bits per heavy atom. The van der Waals surface area contributed by atoms with Crippen LogP contribution in [0, 0.1) is 13.8 Å². The number of nitrogens with zero attached hydrogens (tertiary/aromatic N) is 2. The molecule has 0 amide bonds. The van der Waals surface area contributed by atoms with Gasteiger partial charge in [0.2, 0.25) is 11.7 Å². The van der Waals surface area contributed by atoms with E-state index in [1.54, 1.807) is 0 Å². The molecule has 0 unspecified atom stereocenters. The van der Waals surface area contributed by atoms with Crippen LogP contribution in [0.15, 0.2) is 47.0 Å². The number of aromatic nitrogens is 2. The van der Waals surface area contributed by atoms with Gasteiger partial charge < -0.3 is 15.0 Å². The topological polar surface area (TPSA) is 74.2 Å². The highest BCUT2D eigenvalue weighted by Gasteiger charge is 2.09. The zero-order chi connectivity index (χ0) is 16.9. The Labute approximate surface area is 153 Å². The van der Waals surface area contributed by atoms with E-state index in [0.29, 0.717) is 31.3 Å². The summed E-state index contributed by atoms with van der Waals surface area (Å²) >= 11 is 0. The van der Waals surface area contributed by atoms with Gasteiger partial charge in [-0.3, -0.25) is 0 Å². The van der Waals surface area contributed by atoms with Gasteiger partial charge in [0, 0.05) is 12.1 Å². The second-order valence-electron chi connectivity index (χ2n) is 5.78. The molecule has 0 fully saturated rings. The van der Waals surface area contributed by atoms with Gasteiger partial charge in [0.15, 0.2) is 0 Å². The second kappa shape index (κ2) is 8.65. The minimum atomic E-state index is 0. The van der Waals surface area contributed by atoms with Gasteiger partial charge in [0.25, 0.3) is 0 Å². The third-order valence-corrected chi connectivity index (χ3v) is 3.82. The van der Waals surface area contributed by atoms with Gasteiger partial charge in [-0.05, 0) is 31.0 Å². The van der Waals surface area contributed by atoms with Crippen LogP contribution < -0.4 is 10.5 Å². The Hall–Kier alpha value is -2.37. The van der Waals surface area contributed by atoms with Crippen molar-refractivity contribution in [2.24, 2.45) is 5.73 Å². The molecule has 0 atom stereocenters. The molecule has 132 valence electrons. The number of benzene rings is 2. The summed E-state index contributed by atoms with van der Waals surface area (Å²) in [6.45, 7) is 5.13. The van der Waals surface area contributed by atoms with Crippen LogP contribution in [0.25, 0.3) is 11.4 Å². The van der Waals surface area contributed by atoms with Crippen molar-refractivity contribution in [1.82, 2.24) is 10.1 Å². The van der Waals surface area contributed by atoms with E-state index in [1.165, 1.54) is 5.56 Å². The highest BCUT2D eigenvalue weighted by Crippen LogP contribution is 2.20. The van der Waals surface area contributed by atoms with Crippen molar-refractivity contribution in [3.8, 4) is 17.1 Å². The van der Waals surface area contributed by atoms with Crippen molar-refractivity contribution in [3.63, 3.8) is 0 Å². The van der Waals surface area contributed by atoms with Crippen molar-refractivity contribution in [1.29, 1.82) is 0 Å². The number of aryl methyl sites for hydroxylation is 2. The SMILES string of the molecule is Cc1ccc(OCCc2nc(-c3ccc(CN)cc3)no2)c(C)c1.Cl. The predicted octanol–water partition coefficient (Wildman–Crippen LogP) is 3.86. The van der Waals surface area contributed by atoms with E-state index in [4.69, 9.17) is 15.0 Å². The maximum absolute atomic E-state index is 5.80. The number of hydrogen-bond acceptors (Lipinski definition) is 5. The Kier molecular flexibility index (Phi) is 6.56. The van der Waals surface area contributed by atoms with Crippen molar-refractivity contribution in [2.75, 3.05) is 6.61 Å². The Morgan fingerprint density at radius 2 is 1.84 bits per heavy atom. The Bertz CT molecular complexity index is 816. The fourth-order valence-electron chi connectivity index (χ4n) is 2.47. The number of ether oxygens (including phenoxy) is 1. The molecule has 6 heteroatoms. The first-order valence-corrected chi connectivity index (χ1v) is 7.98. The van der Waals surface area contributed by atoms with Gasteiger partial charge in [0.1, 0.15) is 5.75 Å². The van der Waals surface area contributed by atoms with E-state index >= 15 is 0 Å². The molecule has 2 N–H and O–H groups in total. The van der Waals surface area contributed by atoms with E-state index in [0.717, 1.165) is 22.4 Å². The molecule has 1 heterocycles. The molecule has 0 radical (unpaired) electrons. The maximum atomic E-state index is 5.80. The maximum Gasteiger partial charge on any atom is 0.230 e. The monoisotopic (exact) mass is 359 g/mol. The lowest BCUT2D eigenvalue weighted by molar-refractivity contribution is 0.291. The van der Waals surface area contributed by atoms with Gasteiger partial charge in [-0.15, -0.1) is 12.4 Å². The fourth-order valence-corrected chi connectivity index (χ4v) is 2.47. The van der Waals surface area contributed by atoms with Gasteiger partial charge >= 0.3 is 0 Å². The summed E-state index contributed by atoms with van der Waals surface area (Å²) in [5.74, 6) is 2.04. The van der Waals surface area contributed by atoms with Crippen LogP contribution in [-0.2, 0) is 13.0 Å². The number of hydrogen-bond donors (Lipinski definition) is 1. The van der Waals surface area contributed by atoms with Crippen LogP contribution in [-0.4, -0.2) is 16.7 Å². The lowest BCUT2D eigenvalue weighted by Crippen LogP contribution is -2.02. The van der Waals surface area contributed by atoms with E-state index in [9.17, 15) is 0 Å². The zero-order valence-electron chi connectivity index (χ0n) is 14.4. The van der Waals surface area contributed by atoms with Crippen LogP contribution in [0.2, 0.25) is 0 Å². The number of rotatable bonds is 6. The lowest BCUT2D eigenvalue weighted by atomic mass is 10.1. The molecular weight excluding hydrogens is 338 g/mol. The Morgan fingerprint density at radius 1 is 1.08 bits per heavy atom. The summed E-state index contributed by atoms with van der Waals surface area (Å²) in [5, 5.41) is 4.02. The molecule has 3 rings (SSSR count). The molecule has 0 bridgehead atoms. The van der Waals surface area contributed by atoms with Crippen molar-refractivity contribution < 1.29 is 9.26 Å².